The first kappa shape index (κ1) is 12.2. The van der Waals surface area contributed by atoms with Gasteiger partial charge < -0.3 is 0 Å². The predicted molar refractivity (Wildman–Crippen MR) is 60.8 cm³/mol. The van der Waals surface area contributed by atoms with Crippen LogP contribution < -0.4 is 0 Å². The van der Waals surface area contributed by atoms with Gasteiger partial charge in [-0.3, -0.25) is 0 Å². The smallest absolute Gasteiger partial charge is 0.0120 e. The van der Waals surface area contributed by atoms with Gasteiger partial charge in [-0.05, 0) is 17.8 Å². The number of hydrogen-bond donors (Lipinski definition) is 0. The summed E-state index contributed by atoms with van der Waals surface area (Å²) < 4.78 is 0. The second-order valence-electron chi connectivity index (χ2n) is 3.88. The Labute approximate surface area is 85.6 Å². The Morgan fingerprint density at radius 2 is 1.92 bits per heavy atom. The van der Waals surface area contributed by atoms with E-state index in [2.05, 4.69) is 49.4 Å². The highest BCUT2D eigenvalue weighted by atomic mass is 79.9. The van der Waals surface area contributed by atoms with E-state index in [4.69, 9.17) is 0 Å². The molecule has 0 aromatic heterocycles. The first-order chi connectivity index (χ1) is 5.61. The van der Waals surface area contributed by atoms with Crippen LogP contribution in [0.2, 0.25) is 0 Å². The molecule has 72 valence electrons. The molecule has 12 heavy (non-hydrogen) atoms. The molecule has 0 nitrogen and oxygen atoms in total. The molecule has 0 spiro atoms. The first-order valence-corrected chi connectivity index (χ1v) is 5.93. The van der Waals surface area contributed by atoms with Crippen LogP contribution >= 0.6 is 15.9 Å². The van der Waals surface area contributed by atoms with Crippen molar-refractivity contribution in [2.24, 2.45) is 11.3 Å². The summed E-state index contributed by atoms with van der Waals surface area (Å²) in [5.41, 5.74) is 0.288. The summed E-state index contributed by atoms with van der Waals surface area (Å²) in [6.07, 6.45) is 5.91. The summed E-state index contributed by atoms with van der Waals surface area (Å²) in [5.74, 6) is 0.852. The molecule has 0 saturated heterocycles. The molecule has 0 aliphatic carbocycles. The van der Waals surface area contributed by atoms with Crippen molar-refractivity contribution in [3.8, 4) is 0 Å². The topological polar surface area (TPSA) is 0 Å². The molecule has 1 atom stereocenters. The minimum atomic E-state index is 0.288. The summed E-state index contributed by atoms with van der Waals surface area (Å²) in [6.45, 7) is 10.7. The molecule has 0 heterocycles. The summed E-state index contributed by atoms with van der Waals surface area (Å²) in [7, 11) is 0. The van der Waals surface area contributed by atoms with Crippen LogP contribution in [0.15, 0.2) is 12.7 Å². The standard InChI is InChI=1S/C11H21Br/c1-5-10(6-2)8-11(4,7-3)9-12/h7,10H,3,5-6,8-9H2,1-2,4H3. The highest BCUT2D eigenvalue weighted by Gasteiger charge is 2.21. The van der Waals surface area contributed by atoms with Crippen LogP contribution in [0.1, 0.15) is 40.0 Å². The normalized spacial score (nSPS) is 16.1. The van der Waals surface area contributed by atoms with Gasteiger partial charge in [-0.1, -0.05) is 55.6 Å². The first-order valence-electron chi connectivity index (χ1n) is 4.81. The van der Waals surface area contributed by atoms with Crippen molar-refractivity contribution in [2.75, 3.05) is 5.33 Å². The zero-order chi connectivity index (χ0) is 9.61. The van der Waals surface area contributed by atoms with Gasteiger partial charge in [-0.2, -0.15) is 0 Å². The summed E-state index contributed by atoms with van der Waals surface area (Å²) in [4.78, 5) is 0. The molecular weight excluding hydrogens is 212 g/mol. The van der Waals surface area contributed by atoms with Gasteiger partial charge in [0, 0.05) is 5.33 Å². The Morgan fingerprint density at radius 3 is 2.17 bits per heavy atom. The maximum Gasteiger partial charge on any atom is 0.0120 e. The molecular formula is C11H21Br. The molecule has 1 unspecified atom stereocenters. The lowest BCUT2D eigenvalue weighted by molar-refractivity contribution is 0.324. The van der Waals surface area contributed by atoms with Gasteiger partial charge >= 0.3 is 0 Å². The Kier molecular flexibility index (Phi) is 5.90. The summed E-state index contributed by atoms with van der Waals surface area (Å²) in [6, 6.07) is 0. The van der Waals surface area contributed by atoms with Crippen molar-refractivity contribution >= 4 is 15.9 Å². The lowest BCUT2D eigenvalue weighted by Crippen LogP contribution is -2.19. The molecule has 0 rings (SSSR count). The van der Waals surface area contributed by atoms with Crippen LogP contribution in [0.4, 0.5) is 0 Å². The molecule has 0 N–H and O–H groups in total. The lowest BCUT2D eigenvalue weighted by atomic mass is 9.81. The van der Waals surface area contributed by atoms with Crippen molar-refractivity contribution in [1.82, 2.24) is 0 Å². The second kappa shape index (κ2) is 5.80. The van der Waals surface area contributed by atoms with E-state index in [-0.39, 0.29) is 5.41 Å². The zero-order valence-corrected chi connectivity index (χ0v) is 10.2. The van der Waals surface area contributed by atoms with Gasteiger partial charge in [-0.15, -0.1) is 6.58 Å². The number of halogens is 1. The van der Waals surface area contributed by atoms with E-state index < -0.39 is 0 Å². The van der Waals surface area contributed by atoms with E-state index in [9.17, 15) is 0 Å². The molecule has 0 aromatic carbocycles. The molecule has 0 amide bonds. The second-order valence-corrected chi connectivity index (χ2v) is 4.44. The minimum Gasteiger partial charge on any atom is -0.103 e. The third kappa shape index (κ3) is 3.75. The van der Waals surface area contributed by atoms with Crippen LogP contribution in [0, 0.1) is 11.3 Å². The molecule has 0 aromatic rings. The Bertz CT molecular complexity index is 127. The maximum absolute atomic E-state index is 3.90. The highest BCUT2D eigenvalue weighted by molar-refractivity contribution is 9.09. The zero-order valence-electron chi connectivity index (χ0n) is 8.57. The molecule has 0 aliphatic rings. The fourth-order valence-electron chi connectivity index (χ4n) is 1.43. The monoisotopic (exact) mass is 232 g/mol. The quantitative estimate of drug-likeness (QED) is 0.471. The Morgan fingerprint density at radius 1 is 1.42 bits per heavy atom. The fourth-order valence-corrected chi connectivity index (χ4v) is 1.89. The number of allylic oxidation sites excluding steroid dienone is 1. The molecule has 0 radical (unpaired) electrons. The van der Waals surface area contributed by atoms with Gasteiger partial charge in [-0.25, -0.2) is 0 Å². The van der Waals surface area contributed by atoms with E-state index in [1.54, 1.807) is 0 Å². The van der Waals surface area contributed by atoms with Crippen LogP contribution in [0.3, 0.4) is 0 Å². The molecule has 0 bridgehead atoms. The van der Waals surface area contributed by atoms with Crippen LogP contribution in [-0.4, -0.2) is 5.33 Å². The van der Waals surface area contributed by atoms with E-state index in [1.165, 1.54) is 19.3 Å². The minimum absolute atomic E-state index is 0.288. The number of alkyl halides is 1. The van der Waals surface area contributed by atoms with Gasteiger partial charge in [0.05, 0.1) is 0 Å². The van der Waals surface area contributed by atoms with E-state index in [0.717, 1.165) is 11.2 Å². The van der Waals surface area contributed by atoms with Crippen molar-refractivity contribution < 1.29 is 0 Å². The van der Waals surface area contributed by atoms with Gasteiger partial charge in [0.15, 0.2) is 0 Å². The van der Waals surface area contributed by atoms with Crippen molar-refractivity contribution in [3.05, 3.63) is 12.7 Å². The van der Waals surface area contributed by atoms with Crippen LogP contribution in [0.25, 0.3) is 0 Å². The highest BCUT2D eigenvalue weighted by Crippen LogP contribution is 2.32. The average molecular weight is 233 g/mol. The number of rotatable bonds is 6. The van der Waals surface area contributed by atoms with Gasteiger partial charge in [0.25, 0.3) is 0 Å². The summed E-state index contributed by atoms with van der Waals surface area (Å²) in [5, 5.41) is 1.03. The molecule has 0 saturated carbocycles. The average Bonchev–Trinajstić information content (AvgIpc) is 2.14. The van der Waals surface area contributed by atoms with Crippen molar-refractivity contribution in [3.63, 3.8) is 0 Å². The van der Waals surface area contributed by atoms with Crippen molar-refractivity contribution in [2.45, 2.75) is 40.0 Å². The SMILES string of the molecule is C=CC(C)(CBr)CC(CC)CC. The molecule has 1 heteroatoms. The number of hydrogen-bond acceptors (Lipinski definition) is 0. The maximum atomic E-state index is 3.90. The van der Waals surface area contributed by atoms with E-state index >= 15 is 0 Å². The van der Waals surface area contributed by atoms with E-state index in [0.29, 0.717) is 0 Å². The van der Waals surface area contributed by atoms with E-state index in [1.807, 2.05) is 0 Å². The Balaban J connectivity index is 4.08. The largest absolute Gasteiger partial charge is 0.103 e. The van der Waals surface area contributed by atoms with Crippen LogP contribution in [-0.2, 0) is 0 Å². The van der Waals surface area contributed by atoms with Gasteiger partial charge in [0.1, 0.15) is 0 Å². The molecule has 0 fully saturated rings. The third-order valence-corrected chi connectivity index (χ3v) is 3.99. The van der Waals surface area contributed by atoms with Crippen LogP contribution in [0.5, 0.6) is 0 Å². The van der Waals surface area contributed by atoms with Gasteiger partial charge in [0.2, 0.25) is 0 Å². The fraction of sp³-hybridized carbons (Fsp3) is 0.818. The third-order valence-electron chi connectivity index (χ3n) is 2.71. The predicted octanol–water partition coefficient (Wildman–Crippen LogP) is 4.40. The summed E-state index contributed by atoms with van der Waals surface area (Å²) >= 11 is 3.55. The molecule has 0 aliphatic heterocycles. The Hall–Kier alpha value is 0.220. The lowest BCUT2D eigenvalue weighted by Gasteiger charge is -2.27. The van der Waals surface area contributed by atoms with Crippen molar-refractivity contribution in [1.29, 1.82) is 0 Å².